The van der Waals surface area contributed by atoms with Crippen LogP contribution in [0.4, 0.5) is 0 Å². The van der Waals surface area contributed by atoms with Crippen LogP contribution < -0.4 is 0 Å². The van der Waals surface area contributed by atoms with E-state index in [0.29, 0.717) is 17.6 Å². The number of aromatic nitrogens is 6. The van der Waals surface area contributed by atoms with Gasteiger partial charge in [-0.15, -0.1) is 10.2 Å². The van der Waals surface area contributed by atoms with Crippen molar-refractivity contribution in [3.63, 3.8) is 0 Å². The molecule has 186 valence electrons. The molecule has 4 rings (SSSR count). The van der Waals surface area contributed by atoms with Gasteiger partial charge in [-0.1, -0.05) is 22.6 Å². The van der Waals surface area contributed by atoms with E-state index in [-0.39, 0.29) is 5.91 Å². The van der Waals surface area contributed by atoms with Crippen LogP contribution >= 0.6 is 0 Å². The minimum atomic E-state index is -1.02. The Morgan fingerprint density at radius 2 is 1.37 bits per heavy atom. The van der Waals surface area contributed by atoms with Crippen LogP contribution in [-0.4, -0.2) is 79.7 Å². The third kappa shape index (κ3) is 5.44. The highest BCUT2D eigenvalue weighted by molar-refractivity contribution is 5.84. The molecule has 0 saturated carbocycles. The van der Waals surface area contributed by atoms with Crippen molar-refractivity contribution in [1.29, 1.82) is 0 Å². The Morgan fingerprint density at radius 1 is 0.914 bits per heavy atom. The third-order valence-corrected chi connectivity index (χ3v) is 5.65. The van der Waals surface area contributed by atoms with E-state index < -0.39 is 18.2 Å². The highest BCUT2D eigenvalue weighted by Crippen LogP contribution is 2.23. The lowest BCUT2D eigenvalue weighted by Crippen LogP contribution is -2.32. The average molecular weight is 484 g/mol. The lowest BCUT2D eigenvalue weighted by atomic mass is 10.1. The third-order valence-electron chi connectivity index (χ3n) is 5.65. The number of nitrogens with zero attached hydrogens (tertiary/aromatic N) is 7. The van der Waals surface area contributed by atoms with E-state index in [1.807, 2.05) is 32.2 Å². The molecular formula is C23H29N7O5. The van der Waals surface area contributed by atoms with Gasteiger partial charge in [-0.25, -0.2) is 14.2 Å². The fraction of sp³-hybridized carbons (Fsp3) is 0.391. The minimum absolute atomic E-state index is 0.0618. The molecule has 2 unspecified atom stereocenters. The number of carbonyl (C=O) groups excluding carboxylic acids is 1. The molecule has 35 heavy (non-hydrogen) atoms. The highest BCUT2D eigenvalue weighted by Gasteiger charge is 2.23. The molecule has 12 nitrogen and oxygen atoms in total. The average Bonchev–Trinajstić information content (AvgIpc) is 3.41. The van der Waals surface area contributed by atoms with Gasteiger partial charge in [-0.05, 0) is 42.3 Å². The zero-order valence-corrected chi connectivity index (χ0v) is 20.5. The normalized spacial score (nSPS) is 12.7. The summed E-state index contributed by atoms with van der Waals surface area (Å²) in [7, 11) is 8.26. The van der Waals surface area contributed by atoms with Crippen LogP contribution in [0, 0.1) is 0 Å². The van der Waals surface area contributed by atoms with E-state index in [0.717, 1.165) is 22.1 Å². The number of rotatable bonds is 7. The zero-order chi connectivity index (χ0) is 25.7. The number of methoxy groups -OCH3 is 2. The van der Waals surface area contributed by atoms with Gasteiger partial charge in [0.1, 0.15) is 11.0 Å². The molecule has 2 aromatic heterocycles. The summed E-state index contributed by atoms with van der Waals surface area (Å²) in [6, 6.07) is 10.8. The fourth-order valence-electron chi connectivity index (χ4n) is 3.56. The molecule has 0 fully saturated rings. The number of benzene rings is 2. The molecule has 0 saturated heterocycles. The van der Waals surface area contributed by atoms with E-state index in [2.05, 4.69) is 20.6 Å². The number of ether oxygens (including phenoxy) is 2. The minimum Gasteiger partial charge on any atom is -0.479 e. The summed E-state index contributed by atoms with van der Waals surface area (Å²) in [5.74, 6) is -1.08. The van der Waals surface area contributed by atoms with Crippen molar-refractivity contribution in [3.05, 3.63) is 47.5 Å². The van der Waals surface area contributed by atoms with Crippen LogP contribution in [-0.2, 0) is 33.2 Å². The predicted molar refractivity (Wildman–Crippen MR) is 127 cm³/mol. The number of amides is 1. The molecule has 1 amide bonds. The molecule has 0 aliphatic rings. The summed E-state index contributed by atoms with van der Waals surface area (Å²) in [5.41, 5.74) is 4.54. The van der Waals surface area contributed by atoms with E-state index in [1.165, 1.54) is 14.2 Å². The van der Waals surface area contributed by atoms with Crippen molar-refractivity contribution in [2.75, 3.05) is 27.8 Å². The molecule has 1 N–H and O–H groups in total. The molecule has 4 aromatic rings. The fourth-order valence-corrected chi connectivity index (χ4v) is 3.56. The van der Waals surface area contributed by atoms with Crippen molar-refractivity contribution in [2.24, 2.45) is 14.1 Å². The molecule has 0 radical (unpaired) electrons. The van der Waals surface area contributed by atoms with Crippen molar-refractivity contribution in [2.45, 2.75) is 19.1 Å². The molecule has 0 aliphatic carbocycles. The maximum atomic E-state index is 12.2. The largest absolute Gasteiger partial charge is 0.479 e. The molecular weight excluding hydrogens is 454 g/mol. The smallest absolute Gasteiger partial charge is 0.337 e. The summed E-state index contributed by atoms with van der Waals surface area (Å²) in [6.45, 7) is 2.57. The molecule has 2 heterocycles. The van der Waals surface area contributed by atoms with E-state index in [1.54, 1.807) is 46.6 Å². The number of aryl methyl sites for hydroxylation is 2. The number of carboxylic acid groups (broad SMARTS) is 1. The first-order valence-corrected chi connectivity index (χ1v) is 10.8. The summed E-state index contributed by atoms with van der Waals surface area (Å²) in [5, 5.41) is 24.7. The van der Waals surface area contributed by atoms with Crippen molar-refractivity contribution < 1.29 is 24.2 Å². The molecule has 2 atom stereocenters. The van der Waals surface area contributed by atoms with Gasteiger partial charge in [-0.3, -0.25) is 4.79 Å². The molecule has 0 spiro atoms. The van der Waals surface area contributed by atoms with E-state index in [4.69, 9.17) is 14.6 Å². The first-order valence-electron chi connectivity index (χ1n) is 10.8. The second-order valence-electron chi connectivity index (χ2n) is 7.84. The van der Waals surface area contributed by atoms with Gasteiger partial charge in [-0.2, -0.15) is 0 Å². The van der Waals surface area contributed by atoms with E-state index in [9.17, 15) is 9.59 Å². The number of fused-ring (bicyclic) bond motifs is 2. The number of hydrogen-bond acceptors (Lipinski definition) is 8. The molecule has 12 heteroatoms. The van der Waals surface area contributed by atoms with Crippen LogP contribution in [0.25, 0.3) is 22.1 Å². The Hall–Kier alpha value is -3.90. The lowest BCUT2D eigenvalue weighted by molar-refractivity contribution is -0.148. The SMILES string of the molecule is CCN(C)C(=O)C(OC)c1ccc2c(c1)nnn2C.COC(C(=O)O)c1ccc2c(c1)nnn2C. The van der Waals surface area contributed by atoms with Gasteiger partial charge in [0.25, 0.3) is 5.91 Å². The summed E-state index contributed by atoms with van der Waals surface area (Å²) in [4.78, 5) is 24.7. The maximum Gasteiger partial charge on any atom is 0.337 e. The van der Waals surface area contributed by atoms with Gasteiger partial charge in [0, 0.05) is 41.9 Å². The highest BCUT2D eigenvalue weighted by atomic mass is 16.5. The summed E-state index contributed by atoms with van der Waals surface area (Å²) in [6.07, 6.45) is -1.57. The summed E-state index contributed by atoms with van der Waals surface area (Å²) < 4.78 is 13.6. The van der Waals surface area contributed by atoms with E-state index >= 15 is 0 Å². The van der Waals surface area contributed by atoms with Crippen LogP contribution in [0.2, 0.25) is 0 Å². The number of aliphatic carboxylic acids is 1. The van der Waals surface area contributed by atoms with Gasteiger partial charge in [0.2, 0.25) is 0 Å². The second kappa shape index (κ2) is 11.0. The Labute approximate surface area is 202 Å². The lowest BCUT2D eigenvalue weighted by Gasteiger charge is -2.21. The topological polar surface area (TPSA) is 137 Å². The number of carbonyl (C=O) groups is 2. The number of likely N-dealkylation sites (N-methyl/N-ethyl adjacent to an activating group) is 1. The molecule has 2 aromatic carbocycles. The van der Waals surface area contributed by atoms with Crippen LogP contribution in [0.5, 0.6) is 0 Å². The Kier molecular flexibility index (Phi) is 8.10. The Bertz CT molecular complexity index is 1330. The Morgan fingerprint density at radius 3 is 1.77 bits per heavy atom. The monoisotopic (exact) mass is 483 g/mol. The maximum absolute atomic E-state index is 12.2. The summed E-state index contributed by atoms with van der Waals surface area (Å²) >= 11 is 0. The van der Waals surface area contributed by atoms with Gasteiger partial charge < -0.3 is 19.5 Å². The van der Waals surface area contributed by atoms with Gasteiger partial charge in [0.15, 0.2) is 12.2 Å². The van der Waals surface area contributed by atoms with Crippen LogP contribution in [0.1, 0.15) is 30.3 Å². The standard InChI is InChI=1S/C13H18N4O2.C10H11N3O3/c1-5-16(2)13(18)12(19-4)9-6-7-11-10(8-9)14-15-17(11)3;1-13-8-4-3-6(5-7(8)11-12-13)9(16-2)10(14)15/h6-8,12H,5H2,1-4H3;3-5,9H,1-2H3,(H,14,15). The first-order chi connectivity index (χ1) is 16.7. The van der Waals surface area contributed by atoms with Crippen LogP contribution in [0.15, 0.2) is 36.4 Å². The number of carboxylic acids is 1. The zero-order valence-electron chi connectivity index (χ0n) is 20.5. The van der Waals surface area contributed by atoms with Gasteiger partial charge >= 0.3 is 5.97 Å². The van der Waals surface area contributed by atoms with Gasteiger partial charge in [0.05, 0.1) is 11.0 Å². The predicted octanol–water partition coefficient (Wildman–Crippen LogP) is 1.87. The quantitative estimate of drug-likeness (QED) is 0.417. The van der Waals surface area contributed by atoms with Crippen molar-refractivity contribution >= 4 is 33.9 Å². The van der Waals surface area contributed by atoms with Crippen molar-refractivity contribution in [3.8, 4) is 0 Å². The molecule has 0 bridgehead atoms. The molecule has 0 aliphatic heterocycles. The van der Waals surface area contributed by atoms with Crippen molar-refractivity contribution in [1.82, 2.24) is 34.9 Å². The Balaban J connectivity index is 0.000000198. The van der Waals surface area contributed by atoms with Crippen LogP contribution in [0.3, 0.4) is 0 Å². The number of hydrogen-bond donors (Lipinski definition) is 1. The first kappa shape index (κ1) is 25.7. The second-order valence-corrected chi connectivity index (χ2v) is 7.84.